The van der Waals surface area contributed by atoms with E-state index in [4.69, 9.17) is 16.3 Å². The van der Waals surface area contributed by atoms with E-state index >= 15 is 0 Å². The number of nitrogens with zero attached hydrogens (tertiary/aromatic N) is 1. The Balaban J connectivity index is 1.56. The summed E-state index contributed by atoms with van der Waals surface area (Å²) in [5.41, 5.74) is 2.87. The highest BCUT2D eigenvalue weighted by molar-refractivity contribution is 6.30. The Morgan fingerprint density at radius 1 is 1.12 bits per heavy atom. The number of carbonyl (C=O) groups excluding carboxylic acids is 1. The van der Waals surface area contributed by atoms with E-state index < -0.39 is 6.10 Å². The van der Waals surface area contributed by atoms with Crippen LogP contribution in [-0.4, -0.2) is 17.0 Å². The summed E-state index contributed by atoms with van der Waals surface area (Å²) < 4.78 is 5.81. The van der Waals surface area contributed by atoms with Crippen molar-refractivity contribution in [2.45, 2.75) is 18.6 Å². The van der Waals surface area contributed by atoms with Crippen LogP contribution < -0.4 is 10.1 Å². The molecular formula is C21H17ClN2O2. The molecule has 0 bridgehead atoms. The fourth-order valence-corrected chi connectivity index (χ4v) is 3.34. The Hall–Kier alpha value is -2.85. The molecule has 0 saturated carbocycles. The average Bonchev–Trinajstić information content (AvgIpc) is 3.10. The van der Waals surface area contributed by atoms with Gasteiger partial charge in [0, 0.05) is 23.8 Å². The quantitative estimate of drug-likeness (QED) is 0.762. The van der Waals surface area contributed by atoms with Gasteiger partial charge in [-0.3, -0.25) is 9.78 Å². The first-order valence-electron chi connectivity index (χ1n) is 8.41. The summed E-state index contributed by atoms with van der Waals surface area (Å²) in [5.74, 6) is 0.558. The molecule has 1 aliphatic rings. The lowest BCUT2D eigenvalue weighted by Gasteiger charge is -2.21. The SMILES string of the molecule is O=C(N[C@H](c1ccccc1)c1cccnc1)[C@H]1Cc2cc(Cl)ccc2O1. The fourth-order valence-electron chi connectivity index (χ4n) is 3.15. The van der Waals surface area contributed by atoms with E-state index in [0.29, 0.717) is 17.2 Å². The summed E-state index contributed by atoms with van der Waals surface area (Å²) in [6.45, 7) is 0. The largest absolute Gasteiger partial charge is 0.480 e. The number of hydrogen-bond donors (Lipinski definition) is 1. The lowest BCUT2D eigenvalue weighted by atomic mass is 9.99. The molecule has 4 rings (SSSR count). The number of rotatable bonds is 4. The highest BCUT2D eigenvalue weighted by Crippen LogP contribution is 2.31. The molecule has 1 N–H and O–H groups in total. The third-order valence-electron chi connectivity index (χ3n) is 4.43. The highest BCUT2D eigenvalue weighted by atomic mass is 35.5. The first-order chi connectivity index (χ1) is 12.7. The van der Waals surface area contributed by atoms with Gasteiger partial charge in [-0.1, -0.05) is 48.0 Å². The molecule has 3 aromatic rings. The minimum atomic E-state index is -0.564. The Kier molecular flexibility index (Phi) is 4.59. The summed E-state index contributed by atoms with van der Waals surface area (Å²) in [4.78, 5) is 17.0. The van der Waals surface area contributed by atoms with Crippen LogP contribution in [0.4, 0.5) is 0 Å². The second-order valence-corrected chi connectivity index (χ2v) is 6.64. The molecule has 2 heterocycles. The summed E-state index contributed by atoms with van der Waals surface area (Å²) in [7, 11) is 0. The standard InChI is InChI=1S/C21H17ClN2O2/c22-17-8-9-18-16(11-17)12-19(26-18)21(25)24-20(14-5-2-1-3-6-14)15-7-4-10-23-13-15/h1-11,13,19-20H,12H2,(H,24,25)/t19-,20-/m1/s1. The van der Waals surface area contributed by atoms with Crippen LogP contribution in [0, 0.1) is 0 Å². The van der Waals surface area contributed by atoms with Crippen molar-refractivity contribution in [1.29, 1.82) is 0 Å². The third kappa shape index (κ3) is 3.41. The molecule has 1 aromatic heterocycles. The Bertz CT molecular complexity index is 876. The molecule has 5 heteroatoms. The Morgan fingerprint density at radius 2 is 1.92 bits per heavy atom. The maximum atomic E-state index is 12.9. The topological polar surface area (TPSA) is 51.2 Å². The zero-order chi connectivity index (χ0) is 17.9. The predicted molar refractivity (Wildman–Crippen MR) is 100 cm³/mol. The first-order valence-corrected chi connectivity index (χ1v) is 8.79. The van der Waals surface area contributed by atoms with Crippen LogP contribution in [0.25, 0.3) is 0 Å². The number of amides is 1. The molecular weight excluding hydrogens is 348 g/mol. The number of halogens is 1. The molecule has 0 spiro atoms. The molecule has 4 nitrogen and oxygen atoms in total. The fraction of sp³-hybridized carbons (Fsp3) is 0.143. The summed E-state index contributed by atoms with van der Waals surface area (Å²) in [6.07, 6.45) is 3.43. The van der Waals surface area contributed by atoms with E-state index in [1.54, 1.807) is 24.5 Å². The summed E-state index contributed by atoms with van der Waals surface area (Å²) >= 11 is 6.03. The second-order valence-electron chi connectivity index (χ2n) is 6.20. The van der Waals surface area contributed by atoms with Gasteiger partial charge in [-0.2, -0.15) is 0 Å². The maximum Gasteiger partial charge on any atom is 0.262 e. The van der Waals surface area contributed by atoms with E-state index in [1.807, 2.05) is 48.5 Å². The predicted octanol–water partition coefficient (Wildman–Crippen LogP) is 3.94. The number of ether oxygens (including phenoxy) is 1. The van der Waals surface area contributed by atoms with Crippen molar-refractivity contribution in [3.63, 3.8) is 0 Å². The molecule has 0 aliphatic carbocycles. The van der Waals surface area contributed by atoms with Gasteiger partial charge in [0.1, 0.15) is 5.75 Å². The van der Waals surface area contributed by atoms with Crippen molar-refractivity contribution in [2.75, 3.05) is 0 Å². The number of carbonyl (C=O) groups is 1. The van der Waals surface area contributed by atoms with Crippen molar-refractivity contribution < 1.29 is 9.53 Å². The summed E-state index contributed by atoms with van der Waals surface area (Å²) in [5, 5.41) is 3.75. The number of hydrogen-bond acceptors (Lipinski definition) is 3. The minimum absolute atomic E-state index is 0.157. The van der Waals surface area contributed by atoms with Crippen LogP contribution in [0.5, 0.6) is 5.75 Å². The van der Waals surface area contributed by atoms with Gasteiger partial charge in [0.25, 0.3) is 5.91 Å². The number of benzene rings is 2. The van der Waals surface area contributed by atoms with Gasteiger partial charge < -0.3 is 10.1 Å². The molecule has 0 saturated heterocycles. The van der Waals surface area contributed by atoms with Crippen LogP contribution in [0.15, 0.2) is 73.1 Å². The van der Waals surface area contributed by atoms with Crippen LogP contribution in [0.2, 0.25) is 5.02 Å². The zero-order valence-corrected chi connectivity index (χ0v) is 14.7. The second kappa shape index (κ2) is 7.18. The van der Waals surface area contributed by atoms with Gasteiger partial charge in [0.05, 0.1) is 6.04 Å². The molecule has 1 amide bonds. The molecule has 2 aromatic carbocycles. The van der Waals surface area contributed by atoms with E-state index in [2.05, 4.69) is 10.3 Å². The zero-order valence-electron chi connectivity index (χ0n) is 13.9. The maximum absolute atomic E-state index is 12.9. The lowest BCUT2D eigenvalue weighted by molar-refractivity contribution is -0.127. The number of pyridine rings is 1. The lowest BCUT2D eigenvalue weighted by Crippen LogP contribution is -2.40. The van der Waals surface area contributed by atoms with Crippen molar-refractivity contribution in [2.24, 2.45) is 0 Å². The number of nitrogens with one attached hydrogen (secondary N) is 1. The van der Waals surface area contributed by atoms with E-state index in [9.17, 15) is 4.79 Å². The van der Waals surface area contributed by atoms with Gasteiger partial charge in [0.15, 0.2) is 6.10 Å². The minimum Gasteiger partial charge on any atom is -0.480 e. The monoisotopic (exact) mass is 364 g/mol. The van der Waals surface area contributed by atoms with Gasteiger partial charge in [0.2, 0.25) is 0 Å². The Morgan fingerprint density at radius 3 is 2.69 bits per heavy atom. The number of fused-ring (bicyclic) bond motifs is 1. The van der Waals surface area contributed by atoms with Crippen LogP contribution in [0.1, 0.15) is 22.7 Å². The van der Waals surface area contributed by atoms with Gasteiger partial charge in [-0.15, -0.1) is 0 Å². The van der Waals surface area contributed by atoms with E-state index in [1.165, 1.54) is 0 Å². The first kappa shape index (κ1) is 16.6. The van der Waals surface area contributed by atoms with Gasteiger partial charge >= 0.3 is 0 Å². The van der Waals surface area contributed by atoms with Crippen molar-refractivity contribution in [3.05, 3.63) is 94.8 Å². The summed E-state index contributed by atoms with van der Waals surface area (Å²) in [6, 6.07) is 18.8. The molecule has 26 heavy (non-hydrogen) atoms. The van der Waals surface area contributed by atoms with Crippen LogP contribution in [0.3, 0.4) is 0 Å². The van der Waals surface area contributed by atoms with Crippen molar-refractivity contribution >= 4 is 17.5 Å². The van der Waals surface area contributed by atoms with Gasteiger partial charge in [-0.25, -0.2) is 0 Å². The number of aromatic nitrogens is 1. The van der Waals surface area contributed by atoms with Crippen LogP contribution in [-0.2, 0) is 11.2 Å². The molecule has 0 fully saturated rings. The molecule has 0 unspecified atom stereocenters. The van der Waals surface area contributed by atoms with Crippen molar-refractivity contribution in [1.82, 2.24) is 10.3 Å². The van der Waals surface area contributed by atoms with Crippen LogP contribution >= 0.6 is 11.6 Å². The van der Waals surface area contributed by atoms with Crippen molar-refractivity contribution in [3.8, 4) is 5.75 Å². The molecule has 130 valence electrons. The smallest absolute Gasteiger partial charge is 0.262 e. The average molecular weight is 365 g/mol. The molecule has 0 radical (unpaired) electrons. The third-order valence-corrected chi connectivity index (χ3v) is 4.66. The molecule has 1 aliphatic heterocycles. The van der Waals surface area contributed by atoms with Gasteiger partial charge in [-0.05, 0) is 41.0 Å². The van der Waals surface area contributed by atoms with E-state index in [-0.39, 0.29) is 11.9 Å². The molecule has 2 atom stereocenters. The Labute approximate surface area is 156 Å². The normalized spacial score (nSPS) is 16.4. The highest BCUT2D eigenvalue weighted by Gasteiger charge is 2.31. The van der Waals surface area contributed by atoms with E-state index in [0.717, 1.165) is 16.7 Å².